The molecule has 1 aromatic heterocycles. The van der Waals surface area contributed by atoms with Gasteiger partial charge in [0, 0.05) is 18.4 Å². The van der Waals surface area contributed by atoms with Gasteiger partial charge >= 0.3 is 6.18 Å². The van der Waals surface area contributed by atoms with Crippen LogP contribution in [0.3, 0.4) is 0 Å². The molecule has 0 aromatic carbocycles. The molecular weight excluding hydrogens is 271 g/mol. The van der Waals surface area contributed by atoms with E-state index in [1.165, 1.54) is 0 Å². The van der Waals surface area contributed by atoms with Crippen molar-refractivity contribution in [3.63, 3.8) is 0 Å². The summed E-state index contributed by atoms with van der Waals surface area (Å²) in [7, 11) is 1.81. The second-order valence-electron chi connectivity index (χ2n) is 5.48. The molecule has 0 aliphatic heterocycles. The van der Waals surface area contributed by atoms with Gasteiger partial charge in [-0.25, -0.2) is 0 Å². The lowest BCUT2D eigenvalue weighted by Gasteiger charge is -2.30. The van der Waals surface area contributed by atoms with Crippen molar-refractivity contribution in [2.75, 3.05) is 7.05 Å². The van der Waals surface area contributed by atoms with E-state index in [9.17, 15) is 13.2 Å². The van der Waals surface area contributed by atoms with Gasteiger partial charge in [-0.15, -0.1) is 0 Å². The van der Waals surface area contributed by atoms with Crippen molar-refractivity contribution in [2.24, 2.45) is 5.92 Å². The summed E-state index contributed by atoms with van der Waals surface area (Å²) >= 11 is 0. The van der Waals surface area contributed by atoms with Gasteiger partial charge in [-0.1, -0.05) is 18.0 Å². The Morgan fingerprint density at radius 3 is 2.70 bits per heavy atom. The Balaban J connectivity index is 2.12. The molecule has 0 spiro atoms. The van der Waals surface area contributed by atoms with Crippen LogP contribution in [0.5, 0.6) is 0 Å². The van der Waals surface area contributed by atoms with E-state index >= 15 is 0 Å². The minimum atomic E-state index is -4.20. The van der Waals surface area contributed by atoms with Gasteiger partial charge < -0.3 is 9.84 Å². The third-order valence-corrected chi connectivity index (χ3v) is 3.97. The summed E-state index contributed by atoms with van der Waals surface area (Å²) in [5.41, 5.74) is 0. The Labute approximate surface area is 116 Å². The van der Waals surface area contributed by atoms with Crippen LogP contribution in [0.2, 0.25) is 0 Å². The van der Waals surface area contributed by atoms with E-state index in [2.05, 4.69) is 15.5 Å². The van der Waals surface area contributed by atoms with Gasteiger partial charge in [-0.3, -0.25) is 0 Å². The molecule has 1 aliphatic carbocycles. The van der Waals surface area contributed by atoms with Crippen LogP contribution in [0, 0.1) is 5.92 Å². The molecule has 1 heterocycles. The molecule has 1 aliphatic rings. The van der Waals surface area contributed by atoms with E-state index in [0.29, 0.717) is 25.1 Å². The van der Waals surface area contributed by atoms with Crippen LogP contribution in [-0.2, 0) is 6.42 Å². The molecule has 0 bridgehead atoms. The molecular formula is C13H20F3N3O. The van der Waals surface area contributed by atoms with Crippen LogP contribution >= 0.6 is 0 Å². The fourth-order valence-electron chi connectivity index (χ4n) is 2.70. The Morgan fingerprint density at radius 1 is 1.35 bits per heavy atom. The number of nitrogens with one attached hydrogen (secondary N) is 1. The molecule has 3 atom stereocenters. The van der Waals surface area contributed by atoms with Gasteiger partial charge in [0.1, 0.15) is 0 Å². The van der Waals surface area contributed by atoms with Gasteiger partial charge in [0.2, 0.25) is 5.89 Å². The van der Waals surface area contributed by atoms with Crippen LogP contribution in [0.25, 0.3) is 0 Å². The Bertz CT molecular complexity index is 433. The molecule has 20 heavy (non-hydrogen) atoms. The van der Waals surface area contributed by atoms with E-state index in [-0.39, 0.29) is 18.4 Å². The highest BCUT2D eigenvalue weighted by Gasteiger charge is 2.47. The van der Waals surface area contributed by atoms with Crippen LogP contribution in [0.15, 0.2) is 4.52 Å². The van der Waals surface area contributed by atoms with Crippen molar-refractivity contribution in [3.05, 3.63) is 11.7 Å². The van der Waals surface area contributed by atoms with Gasteiger partial charge in [-0.05, 0) is 26.8 Å². The van der Waals surface area contributed by atoms with E-state index in [1.807, 2.05) is 14.0 Å². The van der Waals surface area contributed by atoms with Gasteiger partial charge in [0.05, 0.1) is 5.92 Å². The predicted octanol–water partition coefficient (Wildman–Crippen LogP) is 3.06. The first-order valence-corrected chi connectivity index (χ1v) is 6.98. The van der Waals surface area contributed by atoms with E-state index in [4.69, 9.17) is 4.52 Å². The monoisotopic (exact) mass is 291 g/mol. The quantitative estimate of drug-likeness (QED) is 0.926. The molecule has 1 N–H and O–H groups in total. The zero-order valence-electron chi connectivity index (χ0n) is 11.7. The minimum absolute atomic E-state index is 0.144. The standard InChI is InChI=1S/C13H20F3N3O/c1-8(17-2)7-11-18-12(20-19-11)9-5-3-4-6-10(9)13(14,15)16/h8-10,17H,3-7H2,1-2H3. The minimum Gasteiger partial charge on any atom is -0.339 e. The molecule has 0 radical (unpaired) electrons. The van der Waals surface area contributed by atoms with Crippen LogP contribution in [-0.4, -0.2) is 29.4 Å². The van der Waals surface area contributed by atoms with Crippen molar-refractivity contribution < 1.29 is 17.7 Å². The number of likely N-dealkylation sites (N-methyl/N-ethyl adjacent to an activating group) is 1. The van der Waals surface area contributed by atoms with Crippen molar-refractivity contribution in [1.82, 2.24) is 15.5 Å². The highest BCUT2D eigenvalue weighted by atomic mass is 19.4. The SMILES string of the molecule is CNC(C)Cc1noc(C2CCCCC2C(F)(F)F)n1. The second kappa shape index (κ2) is 6.11. The molecule has 1 aromatic rings. The fraction of sp³-hybridized carbons (Fsp3) is 0.846. The van der Waals surface area contributed by atoms with Crippen LogP contribution in [0.4, 0.5) is 13.2 Å². The molecule has 2 rings (SSSR count). The maximum atomic E-state index is 13.0. The number of hydrogen-bond donors (Lipinski definition) is 1. The van der Waals surface area contributed by atoms with Gasteiger partial charge in [0.15, 0.2) is 5.82 Å². The highest BCUT2D eigenvalue weighted by molar-refractivity contribution is 5.01. The number of hydrogen-bond acceptors (Lipinski definition) is 4. The summed E-state index contributed by atoms with van der Waals surface area (Å²) in [6.45, 7) is 1.95. The first kappa shape index (κ1) is 15.3. The summed E-state index contributed by atoms with van der Waals surface area (Å²) in [5.74, 6) is -1.43. The van der Waals surface area contributed by atoms with Crippen molar-refractivity contribution in [2.45, 2.75) is 57.2 Å². The molecule has 4 nitrogen and oxygen atoms in total. The summed E-state index contributed by atoms with van der Waals surface area (Å²) in [6, 6.07) is 0.158. The molecule has 3 unspecified atom stereocenters. The van der Waals surface area contributed by atoms with Crippen molar-refractivity contribution >= 4 is 0 Å². The van der Waals surface area contributed by atoms with Crippen LogP contribution < -0.4 is 5.32 Å². The zero-order valence-corrected chi connectivity index (χ0v) is 11.7. The Hall–Kier alpha value is -1.11. The first-order valence-electron chi connectivity index (χ1n) is 6.98. The Morgan fingerprint density at radius 2 is 2.05 bits per heavy atom. The lowest BCUT2D eigenvalue weighted by Crippen LogP contribution is -2.31. The maximum Gasteiger partial charge on any atom is 0.392 e. The summed E-state index contributed by atoms with van der Waals surface area (Å²) in [4.78, 5) is 4.17. The second-order valence-corrected chi connectivity index (χ2v) is 5.48. The smallest absolute Gasteiger partial charge is 0.339 e. The topological polar surface area (TPSA) is 51.0 Å². The summed E-state index contributed by atoms with van der Waals surface area (Å²) < 4.78 is 44.2. The van der Waals surface area contributed by atoms with E-state index < -0.39 is 18.0 Å². The van der Waals surface area contributed by atoms with Crippen molar-refractivity contribution in [1.29, 1.82) is 0 Å². The molecule has 0 saturated heterocycles. The zero-order chi connectivity index (χ0) is 14.8. The number of nitrogens with zero attached hydrogens (tertiary/aromatic N) is 2. The molecule has 114 valence electrons. The van der Waals surface area contributed by atoms with Gasteiger partial charge in [0.25, 0.3) is 0 Å². The van der Waals surface area contributed by atoms with E-state index in [0.717, 1.165) is 6.42 Å². The highest BCUT2D eigenvalue weighted by Crippen LogP contribution is 2.45. The first-order chi connectivity index (χ1) is 9.41. The third kappa shape index (κ3) is 3.50. The van der Waals surface area contributed by atoms with Crippen molar-refractivity contribution in [3.8, 4) is 0 Å². The average Bonchev–Trinajstić information content (AvgIpc) is 2.86. The largest absolute Gasteiger partial charge is 0.392 e. The number of halogens is 3. The lowest BCUT2D eigenvalue weighted by atomic mass is 9.78. The molecule has 1 saturated carbocycles. The number of alkyl halides is 3. The summed E-state index contributed by atoms with van der Waals surface area (Å²) in [5, 5.41) is 6.84. The Kier molecular flexibility index (Phi) is 4.67. The molecule has 1 fully saturated rings. The normalized spacial score (nSPS) is 25.6. The van der Waals surface area contributed by atoms with E-state index in [1.54, 1.807) is 0 Å². The lowest BCUT2D eigenvalue weighted by molar-refractivity contribution is -0.189. The number of rotatable bonds is 4. The fourth-order valence-corrected chi connectivity index (χ4v) is 2.70. The number of aromatic nitrogens is 2. The molecule has 0 amide bonds. The van der Waals surface area contributed by atoms with Crippen LogP contribution in [0.1, 0.15) is 50.2 Å². The summed E-state index contributed by atoms with van der Waals surface area (Å²) in [6.07, 6.45) is -1.64. The predicted molar refractivity (Wildman–Crippen MR) is 67.3 cm³/mol. The maximum absolute atomic E-state index is 13.0. The van der Waals surface area contributed by atoms with Gasteiger partial charge in [-0.2, -0.15) is 18.2 Å². The molecule has 7 heteroatoms. The third-order valence-electron chi connectivity index (χ3n) is 3.97. The average molecular weight is 291 g/mol.